The molecule has 5 aromatic rings. The van der Waals surface area contributed by atoms with Crippen LogP contribution < -0.4 is 5.32 Å². The van der Waals surface area contributed by atoms with Crippen molar-refractivity contribution in [2.24, 2.45) is 5.92 Å². The zero-order valence-corrected chi connectivity index (χ0v) is 26.1. The van der Waals surface area contributed by atoms with Gasteiger partial charge in [-0.25, -0.2) is 4.98 Å². The molecule has 0 aliphatic heterocycles. The molecule has 0 radical (unpaired) electrons. The van der Waals surface area contributed by atoms with Crippen molar-refractivity contribution >= 4 is 22.6 Å². The molecular formula is C38H39N5O2. The Morgan fingerprint density at radius 3 is 2.47 bits per heavy atom. The molecule has 0 bridgehead atoms. The van der Waals surface area contributed by atoms with Crippen molar-refractivity contribution < 1.29 is 9.59 Å². The maximum absolute atomic E-state index is 14.1. The van der Waals surface area contributed by atoms with Gasteiger partial charge in [-0.3, -0.25) is 9.59 Å². The molecule has 2 atom stereocenters. The molecule has 1 aromatic heterocycles. The standard InChI is InChI=1S/C38H39N5O2/c1-4-27(2)36(41-37(44)20-33-22-40-26-43(33)23-30-18-16-29(21-39)17-19-30)25-42(38(45)34-14-7-5-10-28(34)3)24-32-13-9-12-31-11-6-8-15-35(31)32/h5-19,22,26-27,36H,4,20,23-25H2,1-3H3,(H,41,44)/t27-,36+/m0/s1. The summed E-state index contributed by atoms with van der Waals surface area (Å²) < 4.78 is 1.95. The summed E-state index contributed by atoms with van der Waals surface area (Å²) in [6, 6.07) is 31.4. The van der Waals surface area contributed by atoms with Crippen molar-refractivity contribution in [3.05, 3.63) is 137 Å². The largest absolute Gasteiger partial charge is 0.351 e. The van der Waals surface area contributed by atoms with Crippen LogP contribution in [0.3, 0.4) is 0 Å². The minimum Gasteiger partial charge on any atom is -0.351 e. The second-order valence-corrected chi connectivity index (χ2v) is 11.7. The second kappa shape index (κ2) is 14.5. The third-order valence-electron chi connectivity index (χ3n) is 8.57. The van der Waals surface area contributed by atoms with Crippen LogP contribution in [-0.4, -0.2) is 38.9 Å². The molecule has 0 saturated heterocycles. The van der Waals surface area contributed by atoms with Gasteiger partial charge in [-0.05, 0) is 58.5 Å². The van der Waals surface area contributed by atoms with Crippen molar-refractivity contribution in [3.8, 4) is 6.07 Å². The Morgan fingerprint density at radius 2 is 1.71 bits per heavy atom. The van der Waals surface area contributed by atoms with E-state index in [4.69, 9.17) is 5.26 Å². The Kier molecular flexibility index (Phi) is 10.1. The molecule has 2 amide bonds. The van der Waals surface area contributed by atoms with Crippen molar-refractivity contribution in [2.45, 2.75) is 52.7 Å². The molecule has 1 heterocycles. The van der Waals surface area contributed by atoms with Crippen LogP contribution in [0.2, 0.25) is 0 Å². The number of aryl methyl sites for hydroxylation is 1. The number of nitriles is 1. The van der Waals surface area contributed by atoms with E-state index in [0.717, 1.165) is 39.6 Å². The molecule has 0 aliphatic rings. The molecule has 228 valence electrons. The van der Waals surface area contributed by atoms with Crippen LogP contribution in [0.4, 0.5) is 0 Å². The number of amides is 2. The van der Waals surface area contributed by atoms with Gasteiger partial charge in [0.2, 0.25) is 5.91 Å². The quantitative estimate of drug-likeness (QED) is 0.174. The lowest BCUT2D eigenvalue weighted by Gasteiger charge is -2.32. The van der Waals surface area contributed by atoms with Crippen LogP contribution in [0.1, 0.15) is 58.6 Å². The predicted octanol–water partition coefficient (Wildman–Crippen LogP) is 6.68. The van der Waals surface area contributed by atoms with Gasteiger partial charge in [0.05, 0.1) is 24.4 Å². The molecule has 0 unspecified atom stereocenters. The number of benzene rings is 4. The zero-order valence-electron chi connectivity index (χ0n) is 26.1. The molecule has 7 heteroatoms. The number of imidazole rings is 1. The van der Waals surface area contributed by atoms with E-state index >= 15 is 0 Å². The minimum atomic E-state index is -0.250. The molecule has 45 heavy (non-hydrogen) atoms. The molecule has 7 nitrogen and oxygen atoms in total. The van der Waals surface area contributed by atoms with Gasteiger partial charge in [0, 0.05) is 43.1 Å². The monoisotopic (exact) mass is 597 g/mol. The van der Waals surface area contributed by atoms with Crippen molar-refractivity contribution in [1.82, 2.24) is 19.8 Å². The van der Waals surface area contributed by atoms with Crippen LogP contribution in [0, 0.1) is 24.2 Å². The van der Waals surface area contributed by atoms with Gasteiger partial charge in [-0.2, -0.15) is 5.26 Å². The summed E-state index contributed by atoms with van der Waals surface area (Å²) in [7, 11) is 0. The molecular weight excluding hydrogens is 558 g/mol. The van der Waals surface area contributed by atoms with Crippen molar-refractivity contribution in [3.63, 3.8) is 0 Å². The maximum Gasteiger partial charge on any atom is 0.254 e. The SMILES string of the molecule is CC[C@H](C)[C@@H](CN(Cc1cccc2ccccc12)C(=O)c1ccccc1C)NC(=O)Cc1cncn1Cc1ccc(C#N)cc1. The van der Waals surface area contributed by atoms with Crippen LogP contribution >= 0.6 is 0 Å². The Morgan fingerprint density at radius 1 is 0.978 bits per heavy atom. The summed E-state index contributed by atoms with van der Waals surface area (Å²) >= 11 is 0. The second-order valence-electron chi connectivity index (χ2n) is 11.7. The van der Waals surface area contributed by atoms with Gasteiger partial charge in [0.1, 0.15) is 0 Å². The smallest absolute Gasteiger partial charge is 0.254 e. The number of fused-ring (bicyclic) bond motifs is 1. The van der Waals surface area contributed by atoms with Gasteiger partial charge in [-0.1, -0.05) is 93.1 Å². The fraction of sp³-hybridized carbons (Fsp3) is 0.263. The first kappa shape index (κ1) is 31.2. The fourth-order valence-electron chi connectivity index (χ4n) is 5.67. The van der Waals surface area contributed by atoms with Crippen LogP contribution in [0.5, 0.6) is 0 Å². The summed E-state index contributed by atoms with van der Waals surface area (Å²) in [4.78, 5) is 33.9. The lowest BCUT2D eigenvalue weighted by Crippen LogP contribution is -2.49. The normalized spacial score (nSPS) is 12.3. The third-order valence-corrected chi connectivity index (χ3v) is 8.57. The lowest BCUT2D eigenvalue weighted by atomic mass is 9.96. The van der Waals surface area contributed by atoms with E-state index in [-0.39, 0.29) is 30.2 Å². The van der Waals surface area contributed by atoms with E-state index in [9.17, 15) is 9.59 Å². The topological polar surface area (TPSA) is 91.0 Å². The molecule has 4 aromatic carbocycles. The average Bonchev–Trinajstić information content (AvgIpc) is 3.49. The molecule has 5 rings (SSSR count). The van der Waals surface area contributed by atoms with E-state index in [1.807, 2.05) is 71.0 Å². The summed E-state index contributed by atoms with van der Waals surface area (Å²) in [5, 5.41) is 14.6. The van der Waals surface area contributed by atoms with Crippen molar-refractivity contribution in [2.75, 3.05) is 6.54 Å². The van der Waals surface area contributed by atoms with E-state index in [1.165, 1.54) is 0 Å². The average molecular weight is 598 g/mol. The molecule has 0 aliphatic carbocycles. The highest BCUT2D eigenvalue weighted by Gasteiger charge is 2.26. The Hall–Kier alpha value is -5.22. The first-order valence-electron chi connectivity index (χ1n) is 15.4. The Bertz CT molecular complexity index is 1810. The third kappa shape index (κ3) is 7.66. The van der Waals surface area contributed by atoms with Gasteiger partial charge < -0.3 is 14.8 Å². The molecule has 0 spiro atoms. The summed E-state index contributed by atoms with van der Waals surface area (Å²) in [5.41, 5.74) is 5.07. The van der Waals surface area contributed by atoms with Crippen LogP contribution in [-0.2, 0) is 24.3 Å². The molecule has 0 fully saturated rings. The number of nitrogens with one attached hydrogen (secondary N) is 1. The van der Waals surface area contributed by atoms with Gasteiger partial charge in [-0.15, -0.1) is 0 Å². The molecule has 0 saturated carbocycles. The first-order chi connectivity index (χ1) is 21.9. The Balaban J connectivity index is 1.37. The highest BCUT2D eigenvalue weighted by atomic mass is 16.2. The van der Waals surface area contributed by atoms with Crippen molar-refractivity contribution in [1.29, 1.82) is 5.26 Å². The minimum absolute atomic E-state index is 0.0518. The van der Waals surface area contributed by atoms with Crippen LogP contribution in [0.25, 0.3) is 10.8 Å². The van der Waals surface area contributed by atoms with Crippen LogP contribution in [0.15, 0.2) is 104 Å². The predicted molar refractivity (Wildman–Crippen MR) is 177 cm³/mol. The number of carbonyl (C=O) groups excluding carboxylic acids is 2. The highest BCUT2D eigenvalue weighted by molar-refractivity contribution is 5.96. The zero-order chi connectivity index (χ0) is 31.8. The number of rotatable bonds is 12. The first-order valence-corrected chi connectivity index (χ1v) is 15.4. The number of aromatic nitrogens is 2. The fourth-order valence-corrected chi connectivity index (χ4v) is 5.67. The van der Waals surface area contributed by atoms with E-state index in [2.05, 4.69) is 54.5 Å². The molecule has 1 N–H and O–H groups in total. The highest BCUT2D eigenvalue weighted by Crippen LogP contribution is 2.23. The maximum atomic E-state index is 14.1. The number of hydrogen-bond acceptors (Lipinski definition) is 4. The summed E-state index contributed by atoms with van der Waals surface area (Å²) in [5.74, 6) is -0.0309. The summed E-state index contributed by atoms with van der Waals surface area (Å²) in [6.45, 7) is 7.53. The Labute approximate surface area is 265 Å². The van der Waals surface area contributed by atoms with E-state index in [1.54, 1.807) is 24.7 Å². The lowest BCUT2D eigenvalue weighted by molar-refractivity contribution is -0.121. The van der Waals surface area contributed by atoms with Gasteiger partial charge in [0.25, 0.3) is 5.91 Å². The van der Waals surface area contributed by atoms with Gasteiger partial charge in [0.15, 0.2) is 0 Å². The summed E-state index contributed by atoms with van der Waals surface area (Å²) in [6.07, 6.45) is 4.45. The van der Waals surface area contributed by atoms with Gasteiger partial charge >= 0.3 is 0 Å². The van der Waals surface area contributed by atoms with E-state index < -0.39 is 0 Å². The number of carbonyl (C=O) groups is 2. The van der Waals surface area contributed by atoms with E-state index in [0.29, 0.717) is 30.8 Å². The number of nitrogens with zero attached hydrogens (tertiary/aromatic N) is 4. The number of hydrogen-bond donors (Lipinski definition) is 1.